The van der Waals surface area contributed by atoms with E-state index < -0.39 is 0 Å². The van der Waals surface area contributed by atoms with Crippen LogP contribution < -0.4 is 4.74 Å². The first-order chi connectivity index (χ1) is 13.0. The number of fused-ring (bicyclic) bond motifs is 2. The van der Waals surface area contributed by atoms with Gasteiger partial charge in [-0.1, -0.05) is 31.5 Å². The Morgan fingerprint density at radius 1 is 1.22 bits per heavy atom. The van der Waals surface area contributed by atoms with Gasteiger partial charge < -0.3 is 19.5 Å². The molecule has 0 aliphatic carbocycles. The van der Waals surface area contributed by atoms with Crippen molar-refractivity contribution in [3.63, 3.8) is 0 Å². The zero-order valence-corrected chi connectivity index (χ0v) is 15.3. The van der Waals surface area contributed by atoms with Crippen LogP contribution in [0, 0.1) is 6.92 Å². The van der Waals surface area contributed by atoms with E-state index in [2.05, 4.69) is 24.5 Å². The molecule has 0 saturated carbocycles. The summed E-state index contributed by atoms with van der Waals surface area (Å²) in [7, 11) is 0. The molecule has 0 radical (unpaired) electrons. The number of unbranched alkanes of at least 4 members (excludes halogenated alkanes) is 1. The number of phenolic OH excluding ortho intramolecular Hbond substituents is 2. The van der Waals surface area contributed by atoms with Gasteiger partial charge in [0.2, 0.25) is 5.78 Å². The highest BCUT2D eigenvalue weighted by Gasteiger charge is 2.31. The summed E-state index contributed by atoms with van der Waals surface area (Å²) in [6.45, 7) is 5.14. The molecule has 2 N–H and O–H groups in total. The molecule has 0 amide bonds. The second-order valence-corrected chi connectivity index (χ2v) is 6.88. The van der Waals surface area contributed by atoms with Crippen LogP contribution in [0.15, 0.2) is 42.3 Å². The Bertz CT molecular complexity index is 1090. The number of aromatic hydroxyl groups is 2. The van der Waals surface area contributed by atoms with E-state index in [0.29, 0.717) is 0 Å². The zero-order chi connectivity index (χ0) is 19.1. The summed E-state index contributed by atoms with van der Waals surface area (Å²) in [5.74, 6) is -0.493. The van der Waals surface area contributed by atoms with Gasteiger partial charge in [0.05, 0.1) is 5.52 Å². The van der Waals surface area contributed by atoms with Crippen LogP contribution in [0.4, 0.5) is 0 Å². The first-order valence-electron chi connectivity index (χ1n) is 9.08. The Labute approximate surface area is 157 Å². The molecule has 4 rings (SSSR count). The van der Waals surface area contributed by atoms with E-state index in [1.807, 2.05) is 18.3 Å². The summed E-state index contributed by atoms with van der Waals surface area (Å²) in [5.41, 5.74) is 3.31. The number of carbonyl (C=O) groups is 1. The molecule has 0 bridgehead atoms. The molecule has 5 nitrogen and oxygen atoms in total. The molecule has 0 fully saturated rings. The highest BCUT2D eigenvalue weighted by molar-refractivity contribution is 6.16. The molecule has 3 aromatic rings. The zero-order valence-electron chi connectivity index (χ0n) is 15.3. The van der Waals surface area contributed by atoms with Gasteiger partial charge in [-0.15, -0.1) is 0 Å². The highest BCUT2D eigenvalue weighted by atomic mass is 16.5. The number of nitrogens with zero attached hydrogens (tertiary/aromatic N) is 1. The smallest absolute Gasteiger partial charge is 0.235 e. The molecule has 2 aromatic carbocycles. The molecule has 2 heterocycles. The van der Waals surface area contributed by atoms with Gasteiger partial charge in [0.25, 0.3) is 0 Å². The number of allylic oxidation sites excluding steroid dienone is 1. The van der Waals surface area contributed by atoms with Gasteiger partial charge in [-0.05, 0) is 25.0 Å². The van der Waals surface area contributed by atoms with Gasteiger partial charge in [0.15, 0.2) is 5.76 Å². The Balaban J connectivity index is 1.81. The van der Waals surface area contributed by atoms with Crippen molar-refractivity contribution < 1.29 is 19.7 Å². The fourth-order valence-corrected chi connectivity index (χ4v) is 3.61. The number of phenols is 2. The number of benzene rings is 2. The number of aromatic nitrogens is 1. The Morgan fingerprint density at radius 2 is 2.04 bits per heavy atom. The number of hydrogen-bond acceptors (Lipinski definition) is 4. The van der Waals surface area contributed by atoms with Gasteiger partial charge in [-0.25, -0.2) is 0 Å². The van der Waals surface area contributed by atoms with Crippen LogP contribution in [-0.2, 0) is 6.54 Å². The number of carbonyl (C=O) groups excluding carboxylic acids is 1. The number of Topliss-reactive ketones (excluding diaryl/α,β-unsaturated/α-hetero) is 1. The van der Waals surface area contributed by atoms with E-state index in [1.165, 1.54) is 11.6 Å². The topological polar surface area (TPSA) is 71.7 Å². The number of para-hydroxylation sites is 1. The Hall–Kier alpha value is -3.21. The first-order valence-corrected chi connectivity index (χ1v) is 9.08. The molecule has 0 saturated heterocycles. The van der Waals surface area contributed by atoms with Gasteiger partial charge in [-0.2, -0.15) is 0 Å². The maximum Gasteiger partial charge on any atom is 0.235 e. The number of aryl methyl sites for hydroxylation is 2. The maximum atomic E-state index is 12.7. The van der Waals surface area contributed by atoms with Crippen LogP contribution in [0.25, 0.3) is 17.0 Å². The van der Waals surface area contributed by atoms with Crippen LogP contribution >= 0.6 is 0 Å². The molecule has 0 unspecified atom stereocenters. The van der Waals surface area contributed by atoms with Crippen LogP contribution in [0.5, 0.6) is 17.2 Å². The molecular formula is C22H21NO4. The molecule has 1 aliphatic heterocycles. The summed E-state index contributed by atoms with van der Waals surface area (Å²) in [6.07, 6.45) is 5.92. The second kappa shape index (κ2) is 6.50. The fraction of sp³-hybridized carbons (Fsp3) is 0.227. The monoisotopic (exact) mass is 363 g/mol. The summed E-state index contributed by atoms with van der Waals surface area (Å²) in [5, 5.41) is 20.7. The van der Waals surface area contributed by atoms with Crippen molar-refractivity contribution >= 4 is 22.8 Å². The van der Waals surface area contributed by atoms with Crippen molar-refractivity contribution in [1.82, 2.24) is 4.57 Å². The van der Waals surface area contributed by atoms with Crippen molar-refractivity contribution in [2.75, 3.05) is 0 Å². The van der Waals surface area contributed by atoms with Gasteiger partial charge >= 0.3 is 0 Å². The predicted molar refractivity (Wildman–Crippen MR) is 104 cm³/mol. The normalized spacial score (nSPS) is 14.7. The molecule has 5 heteroatoms. The van der Waals surface area contributed by atoms with Crippen molar-refractivity contribution in [1.29, 1.82) is 0 Å². The van der Waals surface area contributed by atoms with Crippen molar-refractivity contribution in [3.05, 3.63) is 59.0 Å². The average molecular weight is 363 g/mol. The largest absolute Gasteiger partial charge is 0.508 e. The van der Waals surface area contributed by atoms with Crippen LogP contribution in [-0.4, -0.2) is 20.6 Å². The predicted octanol–water partition coefficient (Wildman–Crippen LogP) is 4.78. The van der Waals surface area contributed by atoms with Crippen molar-refractivity contribution in [2.24, 2.45) is 0 Å². The quantitative estimate of drug-likeness (QED) is 0.655. The van der Waals surface area contributed by atoms with E-state index in [9.17, 15) is 15.0 Å². The molecule has 138 valence electrons. The minimum absolute atomic E-state index is 0.0879. The molecule has 1 aliphatic rings. The van der Waals surface area contributed by atoms with E-state index in [-0.39, 0.29) is 34.4 Å². The van der Waals surface area contributed by atoms with Gasteiger partial charge in [0.1, 0.15) is 22.8 Å². The molecular weight excluding hydrogens is 342 g/mol. The lowest BCUT2D eigenvalue weighted by atomic mass is 10.1. The van der Waals surface area contributed by atoms with E-state index in [0.717, 1.165) is 41.9 Å². The lowest BCUT2D eigenvalue weighted by molar-refractivity contribution is 0.101. The number of rotatable bonds is 4. The van der Waals surface area contributed by atoms with E-state index >= 15 is 0 Å². The minimum atomic E-state index is -0.385. The van der Waals surface area contributed by atoms with Gasteiger partial charge in [-0.3, -0.25) is 4.79 Å². The van der Waals surface area contributed by atoms with Gasteiger partial charge in [0, 0.05) is 35.8 Å². The van der Waals surface area contributed by atoms with Crippen molar-refractivity contribution in [3.8, 4) is 17.2 Å². The summed E-state index contributed by atoms with van der Waals surface area (Å²) >= 11 is 0. The van der Waals surface area contributed by atoms with Crippen molar-refractivity contribution in [2.45, 2.75) is 33.2 Å². The lowest BCUT2D eigenvalue weighted by Gasteiger charge is -2.05. The fourth-order valence-electron chi connectivity index (χ4n) is 3.61. The third-order valence-electron chi connectivity index (χ3n) is 4.91. The third kappa shape index (κ3) is 2.85. The molecule has 27 heavy (non-hydrogen) atoms. The molecule has 0 spiro atoms. The minimum Gasteiger partial charge on any atom is -0.508 e. The first kappa shape index (κ1) is 17.2. The van der Waals surface area contributed by atoms with E-state index in [4.69, 9.17) is 4.74 Å². The summed E-state index contributed by atoms with van der Waals surface area (Å²) in [6, 6.07) is 8.59. The second-order valence-electron chi connectivity index (χ2n) is 6.88. The van der Waals surface area contributed by atoms with Crippen LogP contribution in [0.1, 0.15) is 41.3 Å². The number of hydrogen-bond donors (Lipinski definition) is 2. The standard InChI is InChI=1S/C22H21NO4/c1-3-4-8-23-12-14(16-7-5-6-13(2)21(16)23)9-19-22(26)20-17(25)10-15(24)11-18(20)27-19/h5-7,9-12,24-25H,3-4,8H2,1-2H3/b19-9-. The maximum absolute atomic E-state index is 12.7. The van der Waals surface area contributed by atoms with E-state index in [1.54, 1.807) is 6.08 Å². The average Bonchev–Trinajstić information content (AvgIpc) is 3.12. The van der Waals surface area contributed by atoms with Crippen LogP contribution in [0.2, 0.25) is 0 Å². The Kier molecular flexibility index (Phi) is 4.15. The summed E-state index contributed by atoms with van der Waals surface area (Å²) in [4.78, 5) is 12.7. The highest BCUT2D eigenvalue weighted by Crippen LogP contribution is 2.41. The number of ketones is 1. The number of ether oxygens (including phenoxy) is 1. The summed E-state index contributed by atoms with van der Waals surface area (Å²) < 4.78 is 7.86. The molecule has 0 atom stereocenters. The molecule has 1 aromatic heterocycles. The SMILES string of the molecule is CCCCn1cc(/C=C2\Oc3cc(O)cc(O)c3C2=O)c2cccc(C)c21. The third-order valence-corrected chi connectivity index (χ3v) is 4.91. The van der Waals surface area contributed by atoms with Crippen LogP contribution in [0.3, 0.4) is 0 Å². The Morgan fingerprint density at radius 3 is 2.81 bits per heavy atom. The lowest BCUT2D eigenvalue weighted by Crippen LogP contribution is -1.98.